The topological polar surface area (TPSA) is 90.5 Å². The maximum atomic E-state index is 12.1. The summed E-state index contributed by atoms with van der Waals surface area (Å²) in [7, 11) is 3.43. The summed E-state index contributed by atoms with van der Waals surface area (Å²) in [4.78, 5) is 36.3. The molecule has 142 valence electrons. The second kappa shape index (κ2) is 9.89. The molecule has 7 nitrogen and oxygen atoms in total. The van der Waals surface area contributed by atoms with Gasteiger partial charge in [0.25, 0.3) is 0 Å². The van der Waals surface area contributed by atoms with Crippen molar-refractivity contribution in [2.24, 2.45) is 0 Å². The molecule has 3 unspecified atom stereocenters. The van der Waals surface area contributed by atoms with Gasteiger partial charge < -0.3 is 20.9 Å². The number of fused-ring (bicyclic) bond motifs is 1. The van der Waals surface area contributed by atoms with Gasteiger partial charge in [-0.1, -0.05) is 12.8 Å². The molecule has 0 aromatic heterocycles. The van der Waals surface area contributed by atoms with Crippen molar-refractivity contribution in [2.75, 3.05) is 26.4 Å². The third kappa shape index (κ3) is 6.09. The Balaban J connectivity index is 1.51. The molecule has 2 aliphatic heterocycles. The molecule has 0 aromatic carbocycles. The highest BCUT2D eigenvalue weighted by Crippen LogP contribution is 2.33. The zero-order valence-corrected chi connectivity index (χ0v) is 16.0. The monoisotopic (exact) mass is 370 g/mol. The number of unbranched alkanes of at least 4 members (excludes halogenated alkanes) is 2. The van der Waals surface area contributed by atoms with Gasteiger partial charge >= 0.3 is 6.03 Å². The van der Waals surface area contributed by atoms with Crippen LogP contribution in [0.3, 0.4) is 0 Å². The van der Waals surface area contributed by atoms with Crippen LogP contribution in [-0.2, 0) is 9.59 Å². The van der Waals surface area contributed by atoms with Gasteiger partial charge in [0.2, 0.25) is 11.8 Å². The molecule has 0 bridgehead atoms. The zero-order valence-electron chi connectivity index (χ0n) is 15.2. The second-order valence-electron chi connectivity index (χ2n) is 6.81. The van der Waals surface area contributed by atoms with Crippen LogP contribution < -0.4 is 16.0 Å². The fraction of sp³-hybridized carbons (Fsp3) is 0.824. The van der Waals surface area contributed by atoms with Crippen LogP contribution >= 0.6 is 11.8 Å². The van der Waals surface area contributed by atoms with Crippen LogP contribution in [0.5, 0.6) is 0 Å². The SMILES string of the molecule is CNC(=O)CCCN(C)C(=O)CCCCCC1SCC2NC(=O)NC21. The Bertz CT molecular complexity index is 489. The highest BCUT2D eigenvalue weighted by molar-refractivity contribution is 8.00. The van der Waals surface area contributed by atoms with Gasteiger partial charge in [0, 0.05) is 44.5 Å². The molecule has 0 radical (unpaired) electrons. The molecule has 2 heterocycles. The molecule has 0 aliphatic carbocycles. The summed E-state index contributed by atoms with van der Waals surface area (Å²) in [6.07, 6.45) is 5.83. The lowest BCUT2D eigenvalue weighted by Gasteiger charge is -2.18. The molecule has 25 heavy (non-hydrogen) atoms. The number of thioether (sulfide) groups is 1. The largest absolute Gasteiger partial charge is 0.359 e. The van der Waals surface area contributed by atoms with Crippen LogP contribution in [0.2, 0.25) is 0 Å². The summed E-state index contributed by atoms with van der Waals surface area (Å²) in [5.74, 6) is 1.16. The van der Waals surface area contributed by atoms with Crippen molar-refractivity contribution in [3.8, 4) is 0 Å². The number of rotatable bonds is 10. The van der Waals surface area contributed by atoms with Crippen molar-refractivity contribution in [3.63, 3.8) is 0 Å². The molecule has 2 aliphatic rings. The van der Waals surface area contributed by atoms with E-state index in [1.54, 1.807) is 19.0 Å². The van der Waals surface area contributed by atoms with E-state index in [0.29, 0.717) is 31.1 Å². The average molecular weight is 371 g/mol. The average Bonchev–Trinajstić information content (AvgIpc) is 3.13. The van der Waals surface area contributed by atoms with E-state index in [-0.39, 0.29) is 29.9 Å². The number of hydrogen-bond acceptors (Lipinski definition) is 4. The first-order chi connectivity index (χ1) is 12.0. The number of nitrogens with zero attached hydrogens (tertiary/aromatic N) is 1. The van der Waals surface area contributed by atoms with E-state index in [0.717, 1.165) is 31.4 Å². The van der Waals surface area contributed by atoms with Crippen molar-refractivity contribution in [1.82, 2.24) is 20.9 Å². The number of urea groups is 1. The van der Waals surface area contributed by atoms with Crippen molar-refractivity contribution in [3.05, 3.63) is 0 Å². The second-order valence-corrected chi connectivity index (χ2v) is 8.09. The lowest BCUT2D eigenvalue weighted by atomic mass is 10.0. The molecule has 2 saturated heterocycles. The normalized spacial score (nSPS) is 24.4. The van der Waals surface area contributed by atoms with Gasteiger partial charge in [-0.15, -0.1) is 0 Å². The number of carbonyl (C=O) groups is 3. The number of amides is 4. The fourth-order valence-electron chi connectivity index (χ4n) is 3.36. The summed E-state index contributed by atoms with van der Waals surface area (Å²) >= 11 is 1.93. The fourth-order valence-corrected chi connectivity index (χ4v) is 4.90. The molecule has 2 fully saturated rings. The van der Waals surface area contributed by atoms with Gasteiger partial charge in [0.15, 0.2) is 0 Å². The van der Waals surface area contributed by atoms with Crippen LogP contribution in [0.4, 0.5) is 4.79 Å². The van der Waals surface area contributed by atoms with Crippen LogP contribution in [0.1, 0.15) is 44.9 Å². The summed E-state index contributed by atoms with van der Waals surface area (Å²) in [5.41, 5.74) is 0. The lowest BCUT2D eigenvalue weighted by Crippen LogP contribution is -2.36. The van der Waals surface area contributed by atoms with Crippen LogP contribution in [0, 0.1) is 0 Å². The van der Waals surface area contributed by atoms with Crippen LogP contribution in [-0.4, -0.2) is 66.5 Å². The molecule has 8 heteroatoms. The zero-order chi connectivity index (χ0) is 18.2. The maximum absolute atomic E-state index is 12.1. The third-order valence-corrected chi connectivity index (χ3v) is 6.43. The Morgan fingerprint density at radius 2 is 2.00 bits per heavy atom. The van der Waals surface area contributed by atoms with E-state index in [1.807, 2.05) is 11.8 Å². The standard InChI is InChI=1S/C17H30N4O3S/c1-18-14(22)8-6-10-21(2)15(23)9-5-3-4-7-13-16-12(11-25-13)19-17(24)20-16/h12-13,16H,3-11H2,1-2H3,(H,18,22)(H2,19,20,24). The Morgan fingerprint density at radius 3 is 2.76 bits per heavy atom. The molecule has 2 rings (SSSR count). The Kier molecular flexibility index (Phi) is 7.87. The van der Waals surface area contributed by atoms with E-state index in [1.165, 1.54) is 0 Å². The van der Waals surface area contributed by atoms with Crippen LogP contribution in [0.15, 0.2) is 0 Å². The predicted octanol–water partition coefficient (Wildman–Crippen LogP) is 1.09. The Morgan fingerprint density at radius 1 is 1.20 bits per heavy atom. The molecular formula is C17H30N4O3S. The van der Waals surface area contributed by atoms with E-state index in [4.69, 9.17) is 0 Å². The van der Waals surface area contributed by atoms with Crippen LogP contribution in [0.25, 0.3) is 0 Å². The molecular weight excluding hydrogens is 340 g/mol. The van der Waals surface area contributed by atoms with Gasteiger partial charge in [0.1, 0.15) is 0 Å². The van der Waals surface area contributed by atoms with E-state index in [9.17, 15) is 14.4 Å². The number of nitrogens with one attached hydrogen (secondary N) is 3. The third-order valence-electron chi connectivity index (χ3n) is 4.92. The van der Waals surface area contributed by atoms with E-state index >= 15 is 0 Å². The number of hydrogen-bond donors (Lipinski definition) is 3. The van der Waals surface area contributed by atoms with Gasteiger partial charge in [-0.05, 0) is 19.3 Å². The van der Waals surface area contributed by atoms with Gasteiger partial charge in [-0.2, -0.15) is 11.8 Å². The minimum absolute atomic E-state index is 0.0153. The van der Waals surface area contributed by atoms with Gasteiger partial charge in [0.05, 0.1) is 12.1 Å². The molecule has 0 saturated carbocycles. The minimum atomic E-state index is -0.0367. The lowest BCUT2D eigenvalue weighted by molar-refractivity contribution is -0.130. The summed E-state index contributed by atoms with van der Waals surface area (Å²) in [5, 5.41) is 9.04. The smallest absolute Gasteiger partial charge is 0.315 e. The minimum Gasteiger partial charge on any atom is -0.359 e. The Hall–Kier alpha value is -1.44. The predicted molar refractivity (Wildman–Crippen MR) is 99.5 cm³/mol. The first-order valence-electron chi connectivity index (χ1n) is 9.14. The summed E-state index contributed by atoms with van der Waals surface area (Å²) in [6.45, 7) is 0.626. The van der Waals surface area contributed by atoms with Crippen molar-refractivity contribution in [1.29, 1.82) is 0 Å². The highest BCUT2D eigenvalue weighted by atomic mass is 32.2. The molecule has 3 atom stereocenters. The molecule has 4 amide bonds. The molecule has 3 N–H and O–H groups in total. The highest BCUT2D eigenvalue weighted by Gasteiger charge is 2.42. The van der Waals surface area contributed by atoms with Gasteiger partial charge in [-0.3, -0.25) is 9.59 Å². The maximum Gasteiger partial charge on any atom is 0.315 e. The van der Waals surface area contributed by atoms with Crippen molar-refractivity contribution < 1.29 is 14.4 Å². The Labute approximate surface area is 154 Å². The van der Waals surface area contributed by atoms with E-state index < -0.39 is 0 Å². The quantitative estimate of drug-likeness (QED) is 0.397. The number of carbonyl (C=O) groups excluding carboxylic acids is 3. The molecule has 0 spiro atoms. The first kappa shape index (κ1) is 19.9. The molecule has 0 aromatic rings. The van der Waals surface area contributed by atoms with Crippen molar-refractivity contribution >= 4 is 29.6 Å². The summed E-state index contributed by atoms with van der Waals surface area (Å²) < 4.78 is 0. The first-order valence-corrected chi connectivity index (χ1v) is 10.2. The van der Waals surface area contributed by atoms with E-state index in [2.05, 4.69) is 16.0 Å². The summed E-state index contributed by atoms with van der Waals surface area (Å²) in [6, 6.07) is 0.517. The van der Waals surface area contributed by atoms with Crippen molar-refractivity contribution in [2.45, 2.75) is 62.3 Å². The van der Waals surface area contributed by atoms with Gasteiger partial charge in [-0.25, -0.2) is 4.79 Å².